The molecule has 0 aliphatic rings. The molecule has 0 saturated heterocycles. The first-order valence-electron chi connectivity index (χ1n) is 6.98. The van der Waals surface area contributed by atoms with Gasteiger partial charge >= 0.3 is 0 Å². The van der Waals surface area contributed by atoms with Crippen LogP contribution in [0.1, 0.15) is 37.6 Å². The molecular formula is C15H18Br2ClN3. The van der Waals surface area contributed by atoms with Gasteiger partial charge in [-0.2, -0.15) is 5.10 Å². The Balaban J connectivity index is 2.50. The second kappa shape index (κ2) is 7.77. The van der Waals surface area contributed by atoms with Crippen molar-refractivity contribution in [3.63, 3.8) is 0 Å². The summed E-state index contributed by atoms with van der Waals surface area (Å²) in [4.78, 5) is 0. The Hall–Kier alpha value is -0.360. The third kappa shape index (κ3) is 3.89. The maximum Gasteiger partial charge on any atom is 0.0774 e. The normalized spacial score (nSPS) is 12.6. The van der Waals surface area contributed by atoms with Crippen LogP contribution >= 0.6 is 43.5 Å². The van der Waals surface area contributed by atoms with Crippen molar-refractivity contribution < 1.29 is 0 Å². The molecule has 0 saturated carbocycles. The van der Waals surface area contributed by atoms with Gasteiger partial charge in [0.2, 0.25) is 0 Å². The largest absolute Gasteiger partial charge is 0.305 e. The molecule has 1 aromatic heterocycles. The molecule has 0 aliphatic carbocycles. The van der Waals surface area contributed by atoms with Crippen LogP contribution in [0, 0.1) is 0 Å². The highest BCUT2D eigenvalue weighted by Gasteiger charge is 2.23. The Morgan fingerprint density at radius 2 is 2.10 bits per heavy atom. The molecule has 6 heteroatoms. The first kappa shape index (κ1) is 17.0. The molecule has 1 unspecified atom stereocenters. The number of nitrogens with zero attached hydrogens (tertiary/aromatic N) is 2. The van der Waals surface area contributed by atoms with Gasteiger partial charge in [0, 0.05) is 16.0 Å². The number of rotatable bonds is 6. The Kier molecular flexibility index (Phi) is 6.29. The third-order valence-corrected chi connectivity index (χ3v) is 4.66. The van der Waals surface area contributed by atoms with Crippen LogP contribution in [0.25, 0.3) is 0 Å². The SMILES string of the molecule is CCCn1ncc(Br)c1C(NCC)c1ccc(Br)cc1Cl. The molecule has 1 heterocycles. The molecule has 1 N–H and O–H groups in total. The van der Waals surface area contributed by atoms with Crippen molar-refractivity contribution in [2.75, 3.05) is 6.54 Å². The van der Waals surface area contributed by atoms with Crippen molar-refractivity contribution in [3.05, 3.63) is 49.6 Å². The second-order valence-electron chi connectivity index (χ2n) is 4.76. The van der Waals surface area contributed by atoms with Gasteiger partial charge in [0.25, 0.3) is 0 Å². The number of aryl methyl sites for hydroxylation is 1. The molecule has 0 fully saturated rings. The second-order valence-corrected chi connectivity index (χ2v) is 6.93. The molecule has 1 aromatic carbocycles. The fourth-order valence-corrected chi connectivity index (χ4v) is 3.65. The first-order valence-corrected chi connectivity index (χ1v) is 8.94. The molecule has 114 valence electrons. The minimum Gasteiger partial charge on any atom is -0.305 e. The molecule has 0 spiro atoms. The van der Waals surface area contributed by atoms with Crippen molar-refractivity contribution in [1.29, 1.82) is 0 Å². The summed E-state index contributed by atoms with van der Waals surface area (Å²) in [5.41, 5.74) is 2.17. The fraction of sp³-hybridized carbons (Fsp3) is 0.400. The summed E-state index contributed by atoms with van der Waals surface area (Å²) in [6.07, 6.45) is 2.89. The summed E-state index contributed by atoms with van der Waals surface area (Å²) < 4.78 is 4.02. The highest BCUT2D eigenvalue weighted by Crippen LogP contribution is 2.34. The van der Waals surface area contributed by atoms with Crippen LogP contribution < -0.4 is 5.32 Å². The molecule has 1 atom stereocenters. The predicted molar refractivity (Wildman–Crippen MR) is 94.9 cm³/mol. The number of nitrogens with one attached hydrogen (secondary N) is 1. The van der Waals surface area contributed by atoms with Crippen molar-refractivity contribution in [2.45, 2.75) is 32.9 Å². The topological polar surface area (TPSA) is 29.9 Å². The molecule has 0 amide bonds. The van der Waals surface area contributed by atoms with E-state index in [1.165, 1.54) is 0 Å². The van der Waals surface area contributed by atoms with E-state index in [1.807, 2.05) is 23.0 Å². The average Bonchev–Trinajstić information content (AvgIpc) is 2.79. The summed E-state index contributed by atoms with van der Waals surface area (Å²) in [6, 6.07) is 6.00. The zero-order valence-electron chi connectivity index (χ0n) is 12.0. The van der Waals surface area contributed by atoms with Gasteiger partial charge < -0.3 is 5.32 Å². The number of hydrogen-bond acceptors (Lipinski definition) is 2. The number of hydrogen-bond donors (Lipinski definition) is 1. The molecule has 3 nitrogen and oxygen atoms in total. The molecule has 0 aliphatic heterocycles. The maximum absolute atomic E-state index is 6.44. The average molecular weight is 436 g/mol. The van der Waals surface area contributed by atoms with E-state index in [1.54, 1.807) is 0 Å². The van der Waals surface area contributed by atoms with Crippen LogP contribution in [0.3, 0.4) is 0 Å². The minimum absolute atomic E-state index is 0.0130. The van der Waals surface area contributed by atoms with Gasteiger partial charge in [0.15, 0.2) is 0 Å². The van der Waals surface area contributed by atoms with Crippen LogP contribution in [0.15, 0.2) is 33.3 Å². The monoisotopic (exact) mass is 433 g/mol. The van der Waals surface area contributed by atoms with Crippen molar-refractivity contribution in [2.24, 2.45) is 0 Å². The highest BCUT2D eigenvalue weighted by molar-refractivity contribution is 9.10. The summed E-state index contributed by atoms with van der Waals surface area (Å²) >= 11 is 13.5. The molecule has 0 radical (unpaired) electrons. The van der Waals surface area contributed by atoms with E-state index in [-0.39, 0.29) is 6.04 Å². The van der Waals surface area contributed by atoms with Crippen molar-refractivity contribution in [3.8, 4) is 0 Å². The summed E-state index contributed by atoms with van der Waals surface area (Å²) in [5.74, 6) is 0. The van der Waals surface area contributed by atoms with E-state index in [2.05, 4.69) is 62.2 Å². The van der Waals surface area contributed by atoms with Crippen molar-refractivity contribution in [1.82, 2.24) is 15.1 Å². The zero-order valence-corrected chi connectivity index (χ0v) is 16.0. The zero-order chi connectivity index (χ0) is 15.4. The van der Waals surface area contributed by atoms with Gasteiger partial charge in [-0.1, -0.05) is 47.4 Å². The maximum atomic E-state index is 6.44. The van der Waals surface area contributed by atoms with Crippen molar-refractivity contribution >= 4 is 43.5 Å². The Labute approximate surface area is 147 Å². The summed E-state index contributed by atoms with van der Waals surface area (Å²) in [7, 11) is 0. The molecule has 21 heavy (non-hydrogen) atoms. The van der Waals surface area contributed by atoms with Crippen LogP contribution in [-0.4, -0.2) is 16.3 Å². The molecule has 2 aromatic rings. The Morgan fingerprint density at radius 1 is 1.33 bits per heavy atom. The van der Waals surface area contributed by atoms with Crippen LogP contribution in [-0.2, 0) is 6.54 Å². The van der Waals surface area contributed by atoms with E-state index >= 15 is 0 Å². The lowest BCUT2D eigenvalue weighted by molar-refractivity contribution is 0.519. The van der Waals surface area contributed by atoms with Crippen LogP contribution in [0.4, 0.5) is 0 Å². The lowest BCUT2D eigenvalue weighted by atomic mass is 10.0. The lowest BCUT2D eigenvalue weighted by Crippen LogP contribution is -2.25. The summed E-state index contributed by atoms with van der Waals surface area (Å²) in [5, 5.41) is 8.71. The van der Waals surface area contributed by atoms with Crippen LogP contribution in [0.5, 0.6) is 0 Å². The summed E-state index contributed by atoms with van der Waals surface area (Å²) in [6.45, 7) is 5.97. The highest BCUT2D eigenvalue weighted by atomic mass is 79.9. The number of halogens is 3. The smallest absolute Gasteiger partial charge is 0.0774 e. The predicted octanol–water partition coefficient (Wildman–Crippen LogP) is 5.17. The van der Waals surface area contributed by atoms with Gasteiger partial charge in [0.05, 0.1) is 22.4 Å². The van der Waals surface area contributed by atoms with Gasteiger partial charge in [0.1, 0.15) is 0 Å². The number of aromatic nitrogens is 2. The third-order valence-electron chi connectivity index (χ3n) is 3.22. The number of benzene rings is 1. The molecule has 0 bridgehead atoms. The van der Waals surface area contributed by atoms with Crippen LogP contribution in [0.2, 0.25) is 5.02 Å². The minimum atomic E-state index is 0.0130. The van der Waals surface area contributed by atoms with E-state index in [9.17, 15) is 0 Å². The Morgan fingerprint density at radius 3 is 2.71 bits per heavy atom. The van der Waals surface area contributed by atoms with E-state index in [0.717, 1.165) is 44.7 Å². The van der Waals surface area contributed by atoms with E-state index in [0.29, 0.717) is 0 Å². The first-order chi connectivity index (χ1) is 10.1. The lowest BCUT2D eigenvalue weighted by Gasteiger charge is -2.22. The van der Waals surface area contributed by atoms with E-state index in [4.69, 9.17) is 11.6 Å². The standard InChI is InChI=1S/C15H18Br2ClN3/c1-3-7-21-15(12(17)9-20-21)14(19-4-2)11-6-5-10(16)8-13(11)18/h5-6,8-9,14,19H,3-4,7H2,1-2H3. The Bertz CT molecular complexity index is 613. The van der Waals surface area contributed by atoms with Gasteiger partial charge in [-0.25, -0.2) is 0 Å². The fourth-order valence-electron chi connectivity index (χ4n) is 2.34. The van der Waals surface area contributed by atoms with E-state index < -0.39 is 0 Å². The van der Waals surface area contributed by atoms with Gasteiger partial charge in [-0.15, -0.1) is 0 Å². The van der Waals surface area contributed by atoms with Gasteiger partial charge in [-0.3, -0.25) is 4.68 Å². The molecular weight excluding hydrogens is 417 g/mol. The molecule has 2 rings (SSSR count). The quantitative estimate of drug-likeness (QED) is 0.678. The van der Waals surface area contributed by atoms with Gasteiger partial charge in [-0.05, 0) is 46.6 Å².